The van der Waals surface area contributed by atoms with Gasteiger partial charge in [-0.15, -0.1) is 0 Å². The Balaban J connectivity index is 1.22. The molecule has 1 aliphatic heterocycles. The fourth-order valence-corrected chi connectivity index (χ4v) is 3.53. The Labute approximate surface area is 173 Å². The summed E-state index contributed by atoms with van der Waals surface area (Å²) in [7, 11) is 1.58. The first-order valence-electron chi connectivity index (χ1n) is 9.73. The summed E-state index contributed by atoms with van der Waals surface area (Å²) < 4.78 is 15.9. The van der Waals surface area contributed by atoms with Crippen LogP contribution in [-0.4, -0.2) is 42.9 Å². The first-order valence-corrected chi connectivity index (χ1v) is 9.73. The molecule has 30 heavy (non-hydrogen) atoms. The van der Waals surface area contributed by atoms with E-state index >= 15 is 0 Å². The van der Waals surface area contributed by atoms with Crippen LogP contribution in [0.4, 0.5) is 0 Å². The van der Waals surface area contributed by atoms with Gasteiger partial charge in [0, 0.05) is 23.6 Å². The lowest BCUT2D eigenvalue weighted by Gasteiger charge is -2.13. The van der Waals surface area contributed by atoms with Crippen LogP contribution >= 0.6 is 0 Å². The number of ether oxygens (including phenoxy) is 2. The van der Waals surface area contributed by atoms with Crippen molar-refractivity contribution in [3.8, 4) is 5.75 Å². The first-order chi connectivity index (χ1) is 14.6. The average molecular weight is 407 g/mol. The molecule has 0 radical (unpaired) electrons. The quantitative estimate of drug-likeness (QED) is 0.322. The summed E-state index contributed by atoms with van der Waals surface area (Å²) in [6.07, 6.45) is 2.78. The number of imide groups is 1. The van der Waals surface area contributed by atoms with E-state index in [4.69, 9.17) is 13.9 Å². The van der Waals surface area contributed by atoms with Crippen LogP contribution in [0.15, 0.2) is 53.1 Å². The van der Waals surface area contributed by atoms with Gasteiger partial charge in [-0.2, -0.15) is 0 Å². The van der Waals surface area contributed by atoms with E-state index in [1.54, 1.807) is 43.7 Å². The van der Waals surface area contributed by atoms with Crippen LogP contribution in [0.5, 0.6) is 5.75 Å². The van der Waals surface area contributed by atoms with Gasteiger partial charge in [0.2, 0.25) is 0 Å². The molecule has 0 bridgehead atoms. The highest BCUT2D eigenvalue weighted by Gasteiger charge is 2.34. The maximum Gasteiger partial charge on any atom is 0.310 e. The highest BCUT2D eigenvalue weighted by molar-refractivity contribution is 6.21. The molecule has 2 heterocycles. The van der Waals surface area contributed by atoms with E-state index in [1.165, 1.54) is 4.90 Å². The van der Waals surface area contributed by atoms with E-state index in [1.807, 2.05) is 12.1 Å². The number of esters is 1. The summed E-state index contributed by atoms with van der Waals surface area (Å²) in [6.45, 7) is 0.531. The van der Waals surface area contributed by atoms with Crippen molar-refractivity contribution in [1.29, 1.82) is 0 Å². The van der Waals surface area contributed by atoms with Gasteiger partial charge in [-0.05, 0) is 37.1 Å². The van der Waals surface area contributed by atoms with E-state index < -0.39 is 0 Å². The van der Waals surface area contributed by atoms with Crippen molar-refractivity contribution < 1.29 is 28.3 Å². The molecule has 2 amide bonds. The highest BCUT2D eigenvalue weighted by atomic mass is 16.5. The van der Waals surface area contributed by atoms with Crippen LogP contribution in [0, 0.1) is 0 Å². The topological polar surface area (TPSA) is 86.0 Å². The molecule has 0 spiro atoms. The van der Waals surface area contributed by atoms with Gasteiger partial charge >= 0.3 is 5.97 Å². The Kier molecular flexibility index (Phi) is 5.52. The lowest BCUT2D eigenvalue weighted by atomic mass is 10.1. The number of nitrogens with zero attached hydrogens (tertiary/aromatic N) is 1. The van der Waals surface area contributed by atoms with E-state index in [0.29, 0.717) is 41.8 Å². The number of rotatable bonds is 8. The molecular formula is C23H21NO6. The zero-order valence-electron chi connectivity index (χ0n) is 16.6. The second-order valence-corrected chi connectivity index (χ2v) is 7.03. The molecule has 7 nitrogen and oxygen atoms in total. The largest absolute Gasteiger partial charge is 0.497 e. The SMILES string of the molecule is COc1ccc2c(CC(=O)OCCCCN3C(=O)c4ccccc4C3=O)coc2c1. The summed E-state index contributed by atoms with van der Waals surface area (Å²) in [5.41, 5.74) is 2.29. The molecule has 7 heteroatoms. The van der Waals surface area contributed by atoms with Gasteiger partial charge in [-0.25, -0.2) is 0 Å². The third-order valence-corrected chi connectivity index (χ3v) is 5.11. The van der Waals surface area contributed by atoms with Gasteiger partial charge in [0.05, 0.1) is 37.5 Å². The van der Waals surface area contributed by atoms with Crippen LogP contribution in [0.1, 0.15) is 39.1 Å². The fraction of sp³-hybridized carbons (Fsp3) is 0.261. The minimum atomic E-state index is -0.353. The van der Waals surface area contributed by atoms with Crippen LogP contribution < -0.4 is 4.74 Å². The van der Waals surface area contributed by atoms with E-state index in [0.717, 1.165) is 10.9 Å². The number of methoxy groups -OCH3 is 1. The maximum atomic E-state index is 12.3. The summed E-state index contributed by atoms with van der Waals surface area (Å²) >= 11 is 0. The Hall–Kier alpha value is -3.61. The van der Waals surface area contributed by atoms with Gasteiger partial charge in [0.15, 0.2) is 0 Å². The molecule has 154 valence electrons. The third-order valence-electron chi connectivity index (χ3n) is 5.11. The monoisotopic (exact) mass is 407 g/mol. The number of carbonyl (C=O) groups is 3. The number of fused-ring (bicyclic) bond motifs is 2. The fourth-order valence-electron chi connectivity index (χ4n) is 3.53. The molecule has 1 aromatic heterocycles. The Morgan fingerprint density at radius 3 is 2.47 bits per heavy atom. The zero-order chi connectivity index (χ0) is 21.1. The summed E-state index contributed by atoms with van der Waals surface area (Å²) in [5, 5.41) is 0.846. The molecule has 0 saturated carbocycles. The Bertz CT molecular complexity index is 1080. The second-order valence-electron chi connectivity index (χ2n) is 7.03. The molecule has 3 aromatic rings. The van der Waals surface area contributed by atoms with Crippen molar-refractivity contribution in [2.75, 3.05) is 20.3 Å². The van der Waals surface area contributed by atoms with E-state index in [2.05, 4.69) is 0 Å². The number of hydrogen-bond acceptors (Lipinski definition) is 6. The maximum absolute atomic E-state index is 12.3. The molecule has 4 rings (SSSR count). The van der Waals surface area contributed by atoms with E-state index in [-0.39, 0.29) is 30.8 Å². The Morgan fingerprint density at radius 1 is 1.03 bits per heavy atom. The third kappa shape index (κ3) is 3.78. The number of furan rings is 1. The van der Waals surface area contributed by atoms with Crippen LogP contribution in [0.25, 0.3) is 11.0 Å². The van der Waals surface area contributed by atoms with Gasteiger partial charge in [-0.3, -0.25) is 19.3 Å². The predicted octanol–water partition coefficient (Wildman–Crippen LogP) is 3.60. The number of unbranched alkanes of at least 4 members (excludes halogenated alkanes) is 1. The lowest BCUT2D eigenvalue weighted by Crippen LogP contribution is -2.30. The zero-order valence-corrected chi connectivity index (χ0v) is 16.6. The normalized spacial score (nSPS) is 13.0. The van der Waals surface area contributed by atoms with Gasteiger partial charge in [0.1, 0.15) is 11.3 Å². The van der Waals surface area contributed by atoms with Crippen molar-refractivity contribution in [2.45, 2.75) is 19.3 Å². The van der Waals surface area contributed by atoms with Gasteiger partial charge in [-0.1, -0.05) is 12.1 Å². The second kappa shape index (κ2) is 8.41. The van der Waals surface area contributed by atoms with Crippen molar-refractivity contribution in [1.82, 2.24) is 4.90 Å². The minimum absolute atomic E-state index is 0.109. The molecule has 0 fully saturated rings. The number of carbonyl (C=O) groups excluding carboxylic acids is 3. The Morgan fingerprint density at radius 2 is 1.77 bits per heavy atom. The molecule has 0 saturated heterocycles. The molecule has 0 aliphatic carbocycles. The minimum Gasteiger partial charge on any atom is -0.497 e. The smallest absolute Gasteiger partial charge is 0.310 e. The van der Waals surface area contributed by atoms with Gasteiger partial charge in [0.25, 0.3) is 11.8 Å². The molecule has 1 aliphatic rings. The summed E-state index contributed by atoms with van der Waals surface area (Å²) in [4.78, 5) is 38.0. The predicted molar refractivity (Wildman–Crippen MR) is 108 cm³/mol. The molecule has 0 atom stereocenters. The molecule has 0 unspecified atom stereocenters. The number of hydrogen-bond donors (Lipinski definition) is 0. The van der Waals surface area contributed by atoms with Crippen LogP contribution in [0.2, 0.25) is 0 Å². The number of benzene rings is 2. The van der Waals surface area contributed by atoms with Crippen molar-refractivity contribution in [3.05, 3.63) is 65.4 Å². The van der Waals surface area contributed by atoms with Gasteiger partial charge < -0.3 is 13.9 Å². The summed E-state index contributed by atoms with van der Waals surface area (Å²) in [6, 6.07) is 12.2. The highest BCUT2D eigenvalue weighted by Crippen LogP contribution is 2.26. The van der Waals surface area contributed by atoms with E-state index in [9.17, 15) is 14.4 Å². The standard InChI is InChI=1S/C23H21NO6/c1-28-16-8-9-17-15(14-30-20(17)13-16)12-21(25)29-11-5-4-10-24-22(26)18-6-2-3-7-19(18)23(24)27/h2-3,6-9,13-14H,4-5,10-12H2,1H3. The van der Waals surface area contributed by atoms with Crippen LogP contribution in [-0.2, 0) is 16.0 Å². The molecular weight excluding hydrogens is 386 g/mol. The molecule has 0 N–H and O–H groups in total. The lowest BCUT2D eigenvalue weighted by molar-refractivity contribution is -0.142. The number of amides is 2. The average Bonchev–Trinajstić information content (AvgIpc) is 3.27. The van der Waals surface area contributed by atoms with Crippen molar-refractivity contribution >= 4 is 28.8 Å². The summed E-state index contributed by atoms with van der Waals surface area (Å²) in [5.74, 6) is -0.203. The first kappa shape index (κ1) is 19.7. The van der Waals surface area contributed by atoms with Crippen LogP contribution in [0.3, 0.4) is 0 Å². The molecule has 2 aromatic carbocycles. The van der Waals surface area contributed by atoms with Crippen molar-refractivity contribution in [3.63, 3.8) is 0 Å². The van der Waals surface area contributed by atoms with Crippen molar-refractivity contribution in [2.24, 2.45) is 0 Å².